The van der Waals surface area contributed by atoms with Gasteiger partial charge in [-0.05, 0) is 31.5 Å². The number of carbonyl (C=O) groups is 1. The number of hydrogen-bond donors (Lipinski definition) is 0. The summed E-state index contributed by atoms with van der Waals surface area (Å²) in [5.41, 5.74) is 0.599. The van der Waals surface area contributed by atoms with E-state index in [2.05, 4.69) is 17.0 Å². The minimum absolute atomic E-state index is 0.120. The van der Waals surface area contributed by atoms with Crippen molar-refractivity contribution in [1.82, 2.24) is 14.8 Å². The van der Waals surface area contributed by atoms with Crippen LogP contribution in [0.15, 0.2) is 18.2 Å². The largest absolute Gasteiger partial charge is 0.463 e. The van der Waals surface area contributed by atoms with Crippen LogP contribution in [-0.4, -0.2) is 27.3 Å². The molecule has 0 bridgehead atoms. The van der Waals surface area contributed by atoms with Gasteiger partial charge >= 0.3 is 6.01 Å². The van der Waals surface area contributed by atoms with Crippen molar-refractivity contribution in [3.63, 3.8) is 0 Å². The Morgan fingerprint density at radius 3 is 2.67 bits per heavy atom. The lowest BCUT2D eigenvalue weighted by atomic mass is 10.1. The maximum atomic E-state index is 12.5. The monoisotopic (exact) mass is 369 g/mol. The first-order valence-electron chi connectivity index (χ1n) is 8.15. The molecule has 0 N–H and O–H groups in total. The Balaban J connectivity index is 2.30. The van der Waals surface area contributed by atoms with Crippen LogP contribution in [0.2, 0.25) is 10.0 Å². The molecule has 1 aromatic carbocycles. The Hall–Kier alpha value is -1.59. The molecule has 0 saturated carbocycles. The van der Waals surface area contributed by atoms with Gasteiger partial charge in [-0.1, -0.05) is 49.4 Å². The number of carbonyl (C=O) groups excluding carboxylic acids is 1. The highest BCUT2D eigenvalue weighted by atomic mass is 35.5. The molecule has 0 unspecified atom stereocenters. The van der Waals surface area contributed by atoms with Crippen LogP contribution in [0, 0.1) is 0 Å². The zero-order chi connectivity index (χ0) is 17.5. The third kappa shape index (κ3) is 4.71. The molecule has 1 heterocycles. The lowest BCUT2D eigenvalue weighted by molar-refractivity contribution is 0.0883. The standard InChI is InChI=1S/C17H21Cl2N3O2/c1-3-5-6-7-8-15(23)22-16(20-17(21-22)24-4-2)13-10-9-12(18)11-14(13)19/h9-11H,3-8H2,1-2H3. The number of benzene rings is 1. The van der Waals surface area contributed by atoms with Crippen molar-refractivity contribution in [1.29, 1.82) is 0 Å². The molecule has 0 spiro atoms. The third-order valence-electron chi connectivity index (χ3n) is 3.51. The molecule has 0 fully saturated rings. The smallest absolute Gasteiger partial charge is 0.336 e. The van der Waals surface area contributed by atoms with Gasteiger partial charge in [-0.3, -0.25) is 4.79 Å². The quantitative estimate of drug-likeness (QED) is 0.595. The van der Waals surface area contributed by atoms with Gasteiger partial charge in [-0.15, -0.1) is 5.10 Å². The molecule has 0 saturated heterocycles. The number of nitrogens with zero attached hydrogens (tertiary/aromatic N) is 3. The van der Waals surface area contributed by atoms with E-state index in [-0.39, 0.29) is 11.9 Å². The minimum atomic E-state index is -0.120. The predicted molar refractivity (Wildman–Crippen MR) is 96.0 cm³/mol. The summed E-state index contributed by atoms with van der Waals surface area (Å²) >= 11 is 12.2. The van der Waals surface area contributed by atoms with Crippen LogP contribution >= 0.6 is 23.2 Å². The molecular formula is C17H21Cl2N3O2. The van der Waals surface area contributed by atoms with Crippen LogP contribution in [0.25, 0.3) is 11.4 Å². The number of hydrogen-bond acceptors (Lipinski definition) is 4. The second kappa shape index (κ2) is 9.04. The molecule has 2 rings (SSSR count). The zero-order valence-electron chi connectivity index (χ0n) is 13.9. The van der Waals surface area contributed by atoms with Gasteiger partial charge in [0.1, 0.15) is 0 Å². The molecule has 0 aliphatic rings. The molecule has 130 valence electrons. The summed E-state index contributed by atoms with van der Waals surface area (Å²) in [5.74, 6) is 0.256. The van der Waals surface area contributed by atoms with Crippen LogP contribution < -0.4 is 4.74 Å². The second-order valence-electron chi connectivity index (χ2n) is 5.39. The van der Waals surface area contributed by atoms with Crippen molar-refractivity contribution < 1.29 is 9.53 Å². The van der Waals surface area contributed by atoms with Gasteiger partial charge in [0.05, 0.1) is 11.6 Å². The van der Waals surface area contributed by atoms with E-state index < -0.39 is 0 Å². The molecular weight excluding hydrogens is 349 g/mol. The summed E-state index contributed by atoms with van der Waals surface area (Å²) in [4.78, 5) is 16.8. The number of aromatic nitrogens is 3. The summed E-state index contributed by atoms with van der Waals surface area (Å²) in [5, 5.41) is 5.11. The Kier molecular flexibility index (Phi) is 7.06. The number of unbranched alkanes of at least 4 members (excludes halogenated alkanes) is 3. The van der Waals surface area contributed by atoms with Crippen molar-refractivity contribution in [2.24, 2.45) is 0 Å². The van der Waals surface area contributed by atoms with E-state index in [0.717, 1.165) is 25.7 Å². The van der Waals surface area contributed by atoms with Crippen molar-refractivity contribution >= 4 is 29.1 Å². The molecule has 7 heteroatoms. The fourth-order valence-corrected chi connectivity index (χ4v) is 2.80. The van der Waals surface area contributed by atoms with Crippen LogP contribution in [0.4, 0.5) is 0 Å². The van der Waals surface area contributed by atoms with E-state index in [1.165, 1.54) is 4.68 Å². The highest BCUT2D eigenvalue weighted by Gasteiger charge is 2.20. The van der Waals surface area contributed by atoms with E-state index in [1.807, 2.05) is 6.92 Å². The predicted octanol–water partition coefficient (Wildman–Crippen LogP) is 5.26. The van der Waals surface area contributed by atoms with Crippen LogP contribution in [0.3, 0.4) is 0 Å². The topological polar surface area (TPSA) is 57.0 Å². The third-order valence-corrected chi connectivity index (χ3v) is 4.06. The Labute approximate surface area is 151 Å². The number of halogens is 2. The summed E-state index contributed by atoms with van der Waals surface area (Å²) in [6, 6.07) is 5.21. The van der Waals surface area contributed by atoms with Crippen LogP contribution in [0.5, 0.6) is 6.01 Å². The van der Waals surface area contributed by atoms with E-state index in [0.29, 0.717) is 34.5 Å². The molecule has 0 aliphatic heterocycles. The highest BCUT2D eigenvalue weighted by Crippen LogP contribution is 2.30. The fraction of sp³-hybridized carbons (Fsp3) is 0.471. The molecule has 5 nitrogen and oxygen atoms in total. The Bertz CT molecular complexity index is 701. The van der Waals surface area contributed by atoms with Gasteiger partial charge < -0.3 is 4.74 Å². The van der Waals surface area contributed by atoms with Gasteiger partial charge in [0.25, 0.3) is 0 Å². The maximum absolute atomic E-state index is 12.5. The molecule has 1 aromatic heterocycles. The summed E-state index contributed by atoms with van der Waals surface area (Å²) < 4.78 is 6.62. The summed E-state index contributed by atoms with van der Waals surface area (Å²) in [6.45, 7) is 4.39. The number of rotatable bonds is 8. The molecule has 0 aliphatic carbocycles. The lowest BCUT2D eigenvalue weighted by Crippen LogP contribution is -2.14. The van der Waals surface area contributed by atoms with E-state index in [4.69, 9.17) is 27.9 Å². The maximum Gasteiger partial charge on any atom is 0.336 e. The van der Waals surface area contributed by atoms with Crippen molar-refractivity contribution in [2.45, 2.75) is 46.0 Å². The summed E-state index contributed by atoms with van der Waals surface area (Å²) in [6.07, 6.45) is 4.49. The fourth-order valence-electron chi connectivity index (χ4n) is 2.31. The van der Waals surface area contributed by atoms with Crippen molar-refractivity contribution in [3.8, 4) is 17.4 Å². The molecule has 2 aromatic rings. The molecule has 24 heavy (non-hydrogen) atoms. The average molecular weight is 370 g/mol. The lowest BCUT2D eigenvalue weighted by Gasteiger charge is -2.06. The van der Waals surface area contributed by atoms with E-state index >= 15 is 0 Å². The van der Waals surface area contributed by atoms with Crippen LogP contribution in [-0.2, 0) is 0 Å². The van der Waals surface area contributed by atoms with E-state index in [1.54, 1.807) is 18.2 Å². The van der Waals surface area contributed by atoms with Gasteiger partial charge in [0, 0.05) is 17.0 Å². The van der Waals surface area contributed by atoms with Gasteiger partial charge in [0.15, 0.2) is 5.82 Å². The highest BCUT2D eigenvalue weighted by molar-refractivity contribution is 6.36. The normalized spacial score (nSPS) is 10.8. The SMILES string of the molecule is CCCCCCC(=O)n1nc(OCC)nc1-c1ccc(Cl)cc1Cl. The minimum Gasteiger partial charge on any atom is -0.463 e. The first-order chi connectivity index (χ1) is 11.6. The number of ether oxygens (including phenoxy) is 1. The van der Waals surface area contributed by atoms with E-state index in [9.17, 15) is 4.79 Å². The van der Waals surface area contributed by atoms with Gasteiger partial charge in [-0.2, -0.15) is 9.67 Å². The molecule has 0 radical (unpaired) electrons. The van der Waals surface area contributed by atoms with Crippen LogP contribution in [0.1, 0.15) is 50.7 Å². The average Bonchev–Trinajstić information content (AvgIpc) is 2.95. The summed E-state index contributed by atoms with van der Waals surface area (Å²) in [7, 11) is 0. The Morgan fingerprint density at radius 1 is 1.21 bits per heavy atom. The molecule has 0 amide bonds. The van der Waals surface area contributed by atoms with Gasteiger partial charge in [0.2, 0.25) is 5.91 Å². The molecule has 0 atom stereocenters. The zero-order valence-corrected chi connectivity index (χ0v) is 15.4. The first kappa shape index (κ1) is 18.7. The first-order valence-corrected chi connectivity index (χ1v) is 8.90. The second-order valence-corrected chi connectivity index (χ2v) is 6.24. The Morgan fingerprint density at radius 2 is 2.00 bits per heavy atom. The van der Waals surface area contributed by atoms with Crippen molar-refractivity contribution in [3.05, 3.63) is 28.2 Å². The van der Waals surface area contributed by atoms with Gasteiger partial charge in [-0.25, -0.2) is 0 Å². The van der Waals surface area contributed by atoms with Crippen molar-refractivity contribution in [2.75, 3.05) is 6.61 Å².